The number of amides is 1. The normalized spacial score (nSPS) is 15.6. The molecule has 27 heavy (non-hydrogen) atoms. The maximum atomic E-state index is 12.3. The lowest BCUT2D eigenvalue weighted by atomic mass is 9.87. The van der Waals surface area contributed by atoms with E-state index in [4.69, 9.17) is 22.8 Å². The number of hydrogen-bond acceptors (Lipinski definition) is 3. The first-order valence-electron chi connectivity index (χ1n) is 8.45. The highest BCUT2D eigenvalue weighted by atomic mass is 35.5. The van der Waals surface area contributed by atoms with Crippen molar-refractivity contribution in [3.05, 3.63) is 70.9 Å². The van der Waals surface area contributed by atoms with Gasteiger partial charge in [-0.2, -0.15) is 5.10 Å². The molecule has 0 unspecified atom stereocenters. The second-order valence-corrected chi connectivity index (χ2v) is 6.64. The fourth-order valence-electron chi connectivity index (χ4n) is 3.24. The topological polar surface area (TPSA) is 56.1 Å². The molecular formula is C21H16ClN3O2. The number of nitrogens with zero attached hydrogens (tertiary/aromatic N) is 2. The number of ether oxygens (including phenoxy) is 1. The molecule has 6 heteroatoms. The number of terminal acetylenes is 1. The molecule has 2 aromatic carbocycles. The highest BCUT2D eigenvalue weighted by Gasteiger charge is 2.30. The van der Waals surface area contributed by atoms with E-state index < -0.39 is 0 Å². The Kier molecular flexibility index (Phi) is 4.57. The van der Waals surface area contributed by atoms with Crippen LogP contribution in [-0.4, -0.2) is 22.3 Å². The summed E-state index contributed by atoms with van der Waals surface area (Å²) in [6.07, 6.45) is 7.37. The fourth-order valence-corrected chi connectivity index (χ4v) is 3.43. The second kappa shape index (κ2) is 7.18. The molecule has 0 saturated carbocycles. The maximum absolute atomic E-state index is 12.3. The van der Waals surface area contributed by atoms with Gasteiger partial charge in [0, 0.05) is 22.9 Å². The van der Waals surface area contributed by atoms with Gasteiger partial charge in [-0.05, 0) is 35.9 Å². The van der Waals surface area contributed by atoms with Crippen LogP contribution in [0.3, 0.4) is 0 Å². The molecule has 1 aliphatic rings. The molecule has 1 atom stereocenters. The number of nitrogens with one attached hydrogen (secondary N) is 1. The van der Waals surface area contributed by atoms with Gasteiger partial charge >= 0.3 is 0 Å². The summed E-state index contributed by atoms with van der Waals surface area (Å²) in [6, 6.07) is 15.0. The van der Waals surface area contributed by atoms with E-state index in [1.807, 2.05) is 42.5 Å². The quantitative estimate of drug-likeness (QED) is 0.699. The number of fused-ring (bicyclic) bond motifs is 1. The molecule has 0 spiro atoms. The Morgan fingerprint density at radius 3 is 2.85 bits per heavy atom. The fraction of sp³-hybridized carbons (Fsp3) is 0.143. The lowest BCUT2D eigenvalue weighted by molar-refractivity contribution is -0.116. The molecule has 0 saturated heterocycles. The Bertz CT molecular complexity index is 1030. The largest absolute Gasteiger partial charge is 0.481 e. The monoisotopic (exact) mass is 377 g/mol. The maximum Gasteiger partial charge on any atom is 0.226 e. The zero-order valence-corrected chi connectivity index (χ0v) is 15.1. The van der Waals surface area contributed by atoms with E-state index >= 15 is 0 Å². The van der Waals surface area contributed by atoms with Gasteiger partial charge in [0.25, 0.3) is 0 Å². The van der Waals surface area contributed by atoms with E-state index in [1.165, 1.54) is 0 Å². The van der Waals surface area contributed by atoms with Gasteiger partial charge < -0.3 is 10.1 Å². The summed E-state index contributed by atoms with van der Waals surface area (Å²) in [5.41, 5.74) is 2.78. The number of rotatable bonds is 4. The van der Waals surface area contributed by atoms with Crippen LogP contribution < -0.4 is 10.1 Å². The molecule has 1 aromatic heterocycles. The van der Waals surface area contributed by atoms with Crippen LogP contribution >= 0.6 is 11.6 Å². The highest BCUT2D eigenvalue weighted by molar-refractivity contribution is 6.30. The van der Waals surface area contributed by atoms with E-state index in [0.717, 1.165) is 16.8 Å². The summed E-state index contributed by atoms with van der Waals surface area (Å²) in [5, 5.41) is 8.02. The SMILES string of the molecule is C#CCOc1ccc([C@@H]2CC(=O)Nc3c2cnn3-c2cccc(Cl)c2)cc1. The number of aromatic nitrogens is 2. The summed E-state index contributed by atoms with van der Waals surface area (Å²) in [6.45, 7) is 0.224. The smallest absolute Gasteiger partial charge is 0.226 e. The van der Waals surface area contributed by atoms with E-state index in [2.05, 4.69) is 16.3 Å². The average molecular weight is 378 g/mol. The Balaban J connectivity index is 1.70. The first kappa shape index (κ1) is 17.2. The predicted octanol–water partition coefficient (Wildman–Crippen LogP) is 4.01. The van der Waals surface area contributed by atoms with Crippen LogP contribution in [0.4, 0.5) is 5.82 Å². The van der Waals surface area contributed by atoms with E-state index in [-0.39, 0.29) is 18.4 Å². The molecule has 1 aliphatic heterocycles. The number of carbonyl (C=O) groups is 1. The third kappa shape index (κ3) is 3.40. The zero-order valence-electron chi connectivity index (χ0n) is 14.4. The molecular weight excluding hydrogens is 362 g/mol. The standard InChI is InChI=1S/C21H16ClN3O2/c1-2-10-27-17-8-6-14(7-9-17)18-12-20(26)24-21-19(18)13-23-25(21)16-5-3-4-15(22)11-16/h1,3-9,11,13,18H,10,12H2,(H,24,26)/t18-/m0/s1. The van der Waals surface area contributed by atoms with Crippen molar-refractivity contribution in [3.63, 3.8) is 0 Å². The van der Waals surface area contributed by atoms with Crippen LogP contribution in [0.25, 0.3) is 5.69 Å². The number of hydrogen-bond donors (Lipinski definition) is 1. The van der Waals surface area contributed by atoms with Gasteiger partial charge in [0.1, 0.15) is 18.2 Å². The first-order chi connectivity index (χ1) is 13.2. The lowest BCUT2D eigenvalue weighted by Gasteiger charge is -2.24. The summed E-state index contributed by atoms with van der Waals surface area (Å²) in [4.78, 5) is 12.3. The van der Waals surface area contributed by atoms with Crippen molar-refractivity contribution in [3.8, 4) is 23.8 Å². The number of anilines is 1. The molecule has 0 radical (unpaired) electrons. The zero-order chi connectivity index (χ0) is 18.8. The summed E-state index contributed by atoms with van der Waals surface area (Å²) >= 11 is 6.10. The van der Waals surface area contributed by atoms with Crippen LogP contribution in [0.15, 0.2) is 54.7 Å². The molecule has 5 nitrogen and oxygen atoms in total. The first-order valence-corrected chi connectivity index (χ1v) is 8.83. The Morgan fingerprint density at radius 1 is 1.30 bits per heavy atom. The van der Waals surface area contributed by atoms with Gasteiger partial charge in [-0.1, -0.05) is 35.7 Å². The minimum atomic E-state index is -0.0802. The van der Waals surface area contributed by atoms with Gasteiger partial charge in [0.05, 0.1) is 11.9 Å². The summed E-state index contributed by atoms with van der Waals surface area (Å²) < 4.78 is 7.12. The van der Waals surface area contributed by atoms with Gasteiger partial charge in [-0.15, -0.1) is 6.42 Å². The number of carbonyl (C=O) groups excluding carboxylic acids is 1. The van der Waals surface area contributed by atoms with Crippen LogP contribution in [0.2, 0.25) is 5.02 Å². The van der Waals surface area contributed by atoms with Crippen LogP contribution in [0, 0.1) is 12.3 Å². The van der Waals surface area contributed by atoms with Gasteiger partial charge in [0.2, 0.25) is 5.91 Å². The lowest BCUT2D eigenvalue weighted by Crippen LogP contribution is -2.24. The van der Waals surface area contributed by atoms with E-state index in [0.29, 0.717) is 23.0 Å². The van der Waals surface area contributed by atoms with Crippen molar-refractivity contribution < 1.29 is 9.53 Å². The summed E-state index contributed by atoms with van der Waals surface area (Å²) in [5.74, 6) is 3.68. The van der Waals surface area contributed by atoms with Gasteiger partial charge in [-0.25, -0.2) is 4.68 Å². The minimum absolute atomic E-state index is 0.0519. The molecule has 2 heterocycles. The average Bonchev–Trinajstić information content (AvgIpc) is 3.10. The van der Waals surface area contributed by atoms with E-state index in [9.17, 15) is 4.79 Å². The highest BCUT2D eigenvalue weighted by Crippen LogP contribution is 2.38. The van der Waals surface area contributed by atoms with Gasteiger partial charge in [0.15, 0.2) is 0 Å². The van der Waals surface area contributed by atoms with Crippen LogP contribution in [-0.2, 0) is 4.79 Å². The molecule has 1 N–H and O–H groups in total. The third-order valence-electron chi connectivity index (χ3n) is 4.48. The minimum Gasteiger partial charge on any atom is -0.481 e. The molecule has 0 bridgehead atoms. The van der Waals surface area contributed by atoms with Gasteiger partial charge in [-0.3, -0.25) is 4.79 Å². The Labute approximate surface area is 161 Å². The van der Waals surface area contributed by atoms with Crippen molar-refractivity contribution >= 4 is 23.3 Å². The molecule has 1 amide bonds. The molecule has 3 aromatic rings. The number of benzene rings is 2. The van der Waals surface area contributed by atoms with Crippen LogP contribution in [0.1, 0.15) is 23.5 Å². The summed E-state index contributed by atoms with van der Waals surface area (Å²) in [7, 11) is 0. The van der Waals surface area contributed by atoms with Crippen molar-refractivity contribution in [2.45, 2.75) is 12.3 Å². The van der Waals surface area contributed by atoms with Crippen molar-refractivity contribution in [2.24, 2.45) is 0 Å². The predicted molar refractivity (Wildman–Crippen MR) is 104 cm³/mol. The molecule has 4 rings (SSSR count). The molecule has 0 fully saturated rings. The van der Waals surface area contributed by atoms with E-state index in [1.54, 1.807) is 16.9 Å². The van der Waals surface area contributed by atoms with Crippen LogP contribution in [0.5, 0.6) is 5.75 Å². The molecule has 0 aliphatic carbocycles. The molecule has 134 valence electrons. The van der Waals surface area contributed by atoms with Crippen molar-refractivity contribution in [2.75, 3.05) is 11.9 Å². The Hall–Kier alpha value is -3.23. The van der Waals surface area contributed by atoms with Crippen molar-refractivity contribution in [1.82, 2.24) is 9.78 Å². The van der Waals surface area contributed by atoms with Crippen molar-refractivity contribution in [1.29, 1.82) is 0 Å². The third-order valence-corrected chi connectivity index (χ3v) is 4.71. The number of halogens is 1. The second-order valence-electron chi connectivity index (χ2n) is 6.21. The Morgan fingerprint density at radius 2 is 2.11 bits per heavy atom.